The van der Waals surface area contributed by atoms with Crippen LogP contribution in [0.25, 0.3) is 11.0 Å². The number of benzene rings is 1. The zero-order chi connectivity index (χ0) is 13.1. The Hall–Kier alpha value is -1.26. The van der Waals surface area contributed by atoms with Gasteiger partial charge in [0, 0.05) is 6.42 Å². The van der Waals surface area contributed by atoms with Gasteiger partial charge in [0.2, 0.25) is 0 Å². The Morgan fingerprint density at radius 2 is 1.95 bits per heavy atom. The zero-order valence-electron chi connectivity index (χ0n) is 11.6. The number of hydrogen-bond acceptors (Lipinski definition) is 2. The van der Waals surface area contributed by atoms with E-state index in [1.807, 2.05) is 35.8 Å². The topological polar surface area (TPSA) is 55.1 Å². The van der Waals surface area contributed by atoms with Crippen molar-refractivity contribution in [3.05, 3.63) is 30.1 Å². The minimum atomic E-state index is -0.794. The largest absolute Gasteiger partial charge is 0.480 e. The summed E-state index contributed by atoms with van der Waals surface area (Å²) < 4.78 is 1.88. The molecule has 112 valence electrons. The number of imidazole rings is 1. The maximum Gasteiger partial charge on any atom is 0.326 e. The Bertz CT molecular complexity index is 569. The van der Waals surface area contributed by atoms with Crippen LogP contribution >= 0.6 is 24.8 Å². The average Bonchev–Trinajstić information content (AvgIpc) is 2.69. The fraction of sp³-hybridized carbons (Fsp3) is 0.429. The van der Waals surface area contributed by atoms with Gasteiger partial charge in [-0.25, -0.2) is 9.78 Å². The third-order valence-corrected chi connectivity index (χ3v) is 3.13. The van der Waals surface area contributed by atoms with Crippen molar-refractivity contribution in [2.45, 2.75) is 39.2 Å². The Balaban J connectivity index is 0.00000180. The molecule has 2 aromatic rings. The lowest BCUT2D eigenvalue weighted by Crippen LogP contribution is -2.20. The van der Waals surface area contributed by atoms with Crippen molar-refractivity contribution in [3.8, 4) is 0 Å². The summed E-state index contributed by atoms with van der Waals surface area (Å²) in [6, 6.07) is 7.19. The maximum atomic E-state index is 11.4. The minimum absolute atomic E-state index is 0. The molecule has 0 spiro atoms. The second-order valence-corrected chi connectivity index (χ2v) is 4.40. The van der Waals surface area contributed by atoms with Crippen LogP contribution in [-0.4, -0.2) is 20.6 Å². The molecule has 1 aromatic heterocycles. The molecule has 0 saturated heterocycles. The summed E-state index contributed by atoms with van der Waals surface area (Å²) in [4.78, 5) is 15.9. The quantitative estimate of drug-likeness (QED) is 0.910. The molecule has 0 aliphatic rings. The number of rotatable bonds is 5. The van der Waals surface area contributed by atoms with E-state index in [4.69, 9.17) is 0 Å². The molecular weight excluding hydrogens is 299 g/mol. The van der Waals surface area contributed by atoms with E-state index in [2.05, 4.69) is 11.9 Å². The standard InChI is InChI=1S/C14H18N2O2.2ClH/c1-3-7-13-15-10-8-5-6-9-12(10)16(13)11(4-2)14(17)18;;/h5-6,8-9,11H,3-4,7H2,1-2H3,(H,17,18);2*1H. The Morgan fingerprint density at radius 3 is 2.50 bits per heavy atom. The summed E-state index contributed by atoms with van der Waals surface area (Å²) in [6.07, 6.45) is 2.32. The van der Waals surface area contributed by atoms with E-state index in [0.717, 1.165) is 29.7 Å². The van der Waals surface area contributed by atoms with Crippen molar-refractivity contribution in [3.63, 3.8) is 0 Å². The second-order valence-electron chi connectivity index (χ2n) is 4.40. The molecule has 1 N–H and O–H groups in total. The molecule has 0 amide bonds. The van der Waals surface area contributed by atoms with Crippen LogP contribution in [0.5, 0.6) is 0 Å². The Morgan fingerprint density at radius 1 is 1.30 bits per heavy atom. The predicted molar refractivity (Wildman–Crippen MR) is 85.2 cm³/mol. The van der Waals surface area contributed by atoms with Gasteiger partial charge < -0.3 is 9.67 Å². The normalized spacial score (nSPS) is 11.5. The molecule has 0 fully saturated rings. The van der Waals surface area contributed by atoms with Crippen molar-refractivity contribution in [1.82, 2.24) is 9.55 Å². The molecule has 6 heteroatoms. The van der Waals surface area contributed by atoms with E-state index in [1.54, 1.807) is 0 Å². The van der Waals surface area contributed by atoms with Crippen LogP contribution in [0.1, 0.15) is 38.6 Å². The number of aromatic nitrogens is 2. The number of fused-ring (bicyclic) bond motifs is 1. The summed E-state index contributed by atoms with van der Waals surface area (Å²) in [5.41, 5.74) is 1.79. The Labute approximate surface area is 131 Å². The van der Waals surface area contributed by atoms with Crippen molar-refractivity contribution >= 4 is 41.8 Å². The summed E-state index contributed by atoms with van der Waals surface area (Å²) in [6.45, 7) is 3.97. The number of para-hydroxylation sites is 2. The lowest BCUT2D eigenvalue weighted by atomic mass is 10.2. The summed E-state index contributed by atoms with van der Waals surface area (Å²) in [5.74, 6) is 0.0750. The van der Waals surface area contributed by atoms with Gasteiger partial charge in [0.05, 0.1) is 11.0 Å². The highest BCUT2D eigenvalue weighted by Gasteiger charge is 2.22. The van der Waals surface area contributed by atoms with E-state index in [0.29, 0.717) is 6.42 Å². The van der Waals surface area contributed by atoms with Crippen molar-refractivity contribution < 1.29 is 9.90 Å². The number of carboxylic acid groups (broad SMARTS) is 1. The smallest absolute Gasteiger partial charge is 0.326 e. The van der Waals surface area contributed by atoms with Crippen LogP contribution in [0.2, 0.25) is 0 Å². The van der Waals surface area contributed by atoms with Gasteiger partial charge >= 0.3 is 5.97 Å². The molecule has 0 saturated carbocycles. The third kappa shape index (κ3) is 3.44. The average molecular weight is 319 g/mol. The fourth-order valence-electron chi connectivity index (χ4n) is 2.31. The number of carbonyl (C=O) groups is 1. The van der Waals surface area contributed by atoms with Crippen LogP contribution in [0, 0.1) is 0 Å². The SMILES string of the molecule is CCCc1nc2ccccc2n1C(CC)C(=O)O.Cl.Cl. The molecule has 0 aliphatic carbocycles. The van der Waals surface area contributed by atoms with E-state index in [-0.39, 0.29) is 24.8 Å². The van der Waals surface area contributed by atoms with Gasteiger partial charge in [-0.15, -0.1) is 24.8 Å². The fourth-order valence-corrected chi connectivity index (χ4v) is 2.31. The van der Waals surface area contributed by atoms with Gasteiger partial charge in [0.1, 0.15) is 11.9 Å². The Kier molecular flexibility index (Phi) is 7.61. The van der Waals surface area contributed by atoms with Crippen molar-refractivity contribution in [2.24, 2.45) is 0 Å². The first-order valence-corrected chi connectivity index (χ1v) is 6.37. The van der Waals surface area contributed by atoms with E-state index >= 15 is 0 Å². The van der Waals surface area contributed by atoms with Crippen LogP contribution in [0.15, 0.2) is 24.3 Å². The van der Waals surface area contributed by atoms with Crippen molar-refractivity contribution in [1.29, 1.82) is 0 Å². The summed E-state index contributed by atoms with van der Waals surface area (Å²) in [7, 11) is 0. The third-order valence-electron chi connectivity index (χ3n) is 3.13. The second kappa shape index (κ2) is 8.12. The molecule has 0 aliphatic heterocycles. The molecule has 0 radical (unpaired) electrons. The van der Waals surface area contributed by atoms with Crippen LogP contribution in [0.4, 0.5) is 0 Å². The highest BCUT2D eigenvalue weighted by molar-refractivity contribution is 5.85. The summed E-state index contributed by atoms with van der Waals surface area (Å²) in [5, 5.41) is 9.35. The van der Waals surface area contributed by atoms with Crippen LogP contribution in [-0.2, 0) is 11.2 Å². The highest BCUT2D eigenvalue weighted by atomic mass is 35.5. The molecule has 4 nitrogen and oxygen atoms in total. The van der Waals surface area contributed by atoms with Crippen molar-refractivity contribution in [2.75, 3.05) is 0 Å². The van der Waals surface area contributed by atoms with Crippen LogP contribution < -0.4 is 0 Å². The zero-order valence-corrected chi connectivity index (χ0v) is 13.2. The van der Waals surface area contributed by atoms with E-state index in [1.165, 1.54) is 0 Å². The molecule has 1 heterocycles. The molecule has 1 aromatic carbocycles. The maximum absolute atomic E-state index is 11.4. The van der Waals surface area contributed by atoms with Gasteiger partial charge in [-0.2, -0.15) is 0 Å². The molecule has 20 heavy (non-hydrogen) atoms. The lowest BCUT2D eigenvalue weighted by Gasteiger charge is -2.16. The van der Waals surface area contributed by atoms with E-state index in [9.17, 15) is 9.90 Å². The summed E-state index contributed by atoms with van der Waals surface area (Å²) >= 11 is 0. The first-order valence-electron chi connectivity index (χ1n) is 6.37. The molecule has 2 rings (SSSR count). The number of nitrogens with zero attached hydrogens (tertiary/aromatic N) is 2. The number of aryl methyl sites for hydroxylation is 1. The number of hydrogen-bond donors (Lipinski definition) is 1. The van der Waals surface area contributed by atoms with Crippen LogP contribution in [0.3, 0.4) is 0 Å². The van der Waals surface area contributed by atoms with Gasteiger partial charge in [-0.05, 0) is 25.0 Å². The monoisotopic (exact) mass is 318 g/mol. The molecular formula is C14H20Cl2N2O2. The number of carboxylic acids is 1. The minimum Gasteiger partial charge on any atom is -0.480 e. The van der Waals surface area contributed by atoms with Gasteiger partial charge in [-0.3, -0.25) is 0 Å². The van der Waals surface area contributed by atoms with Gasteiger partial charge in [0.15, 0.2) is 0 Å². The first-order chi connectivity index (χ1) is 8.69. The van der Waals surface area contributed by atoms with Gasteiger partial charge in [-0.1, -0.05) is 26.0 Å². The molecule has 0 bridgehead atoms. The van der Waals surface area contributed by atoms with E-state index < -0.39 is 12.0 Å². The molecule has 1 unspecified atom stereocenters. The van der Waals surface area contributed by atoms with Gasteiger partial charge in [0.25, 0.3) is 0 Å². The highest BCUT2D eigenvalue weighted by Crippen LogP contribution is 2.24. The molecule has 1 atom stereocenters. The number of aliphatic carboxylic acids is 1. The predicted octanol–water partition coefficient (Wildman–Crippen LogP) is 3.87. The first kappa shape index (κ1) is 18.7. The lowest BCUT2D eigenvalue weighted by molar-refractivity contribution is -0.140. The number of halogens is 2.